The number of fused-ring (bicyclic) bond motifs is 1. The van der Waals surface area contributed by atoms with Crippen molar-refractivity contribution in [1.29, 1.82) is 5.41 Å². The van der Waals surface area contributed by atoms with Gasteiger partial charge in [0.05, 0.1) is 22.8 Å². The Hall–Kier alpha value is -3.94. The van der Waals surface area contributed by atoms with Crippen LogP contribution in [-0.4, -0.2) is 51.3 Å². The van der Waals surface area contributed by atoms with E-state index in [1.807, 2.05) is 45.3 Å². The van der Waals surface area contributed by atoms with Gasteiger partial charge in [-0.15, -0.1) is 0 Å². The molecule has 2 aromatic heterocycles. The summed E-state index contributed by atoms with van der Waals surface area (Å²) in [5, 5.41) is 21.5. The third kappa shape index (κ3) is 4.91. The minimum absolute atomic E-state index is 0.0531. The predicted octanol–water partition coefficient (Wildman–Crippen LogP) is 3.08. The van der Waals surface area contributed by atoms with Gasteiger partial charge in [0.1, 0.15) is 5.76 Å². The summed E-state index contributed by atoms with van der Waals surface area (Å²) < 4.78 is 5.71. The molecule has 2 aromatic rings. The lowest BCUT2D eigenvalue weighted by Gasteiger charge is -2.21. The number of nitrogens with zero attached hydrogens (tertiary/aromatic N) is 4. The summed E-state index contributed by atoms with van der Waals surface area (Å²) in [5.74, 6) is 0.403. The van der Waals surface area contributed by atoms with Gasteiger partial charge < -0.3 is 25.5 Å². The lowest BCUT2D eigenvalue weighted by molar-refractivity contribution is 0.388. The molecule has 0 aliphatic heterocycles. The fraction of sp³-hybridized carbons (Fsp3) is 0.182. The molecule has 8 heteroatoms. The molecule has 1 aliphatic rings. The molecule has 2 heterocycles. The van der Waals surface area contributed by atoms with Crippen molar-refractivity contribution >= 4 is 16.6 Å². The van der Waals surface area contributed by atoms with Gasteiger partial charge in [-0.3, -0.25) is 4.98 Å². The van der Waals surface area contributed by atoms with Crippen molar-refractivity contribution < 1.29 is 9.84 Å². The van der Waals surface area contributed by atoms with Gasteiger partial charge in [0.25, 0.3) is 0 Å². The molecule has 0 fully saturated rings. The van der Waals surface area contributed by atoms with Crippen LogP contribution in [0.25, 0.3) is 10.9 Å². The number of allylic oxidation sites excluding steroid dienone is 6. The lowest BCUT2D eigenvalue weighted by atomic mass is 10.0. The highest BCUT2D eigenvalue weighted by molar-refractivity contribution is 6.09. The average molecular weight is 404 g/mol. The normalized spacial score (nSPS) is 15.7. The van der Waals surface area contributed by atoms with E-state index in [4.69, 9.17) is 10.1 Å². The first-order valence-corrected chi connectivity index (χ1v) is 9.40. The molecule has 0 saturated heterocycles. The van der Waals surface area contributed by atoms with Crippen LogP contribution in [0.5, 0.6) is 11.9 Å². The maximum absolute atomic E-state index is 10.1. The molecular weight excluding hydrogens is 380 g/mol. The topological polar surface area (TPSA) is 107 Å². The van der Waals surface area contributed by atoms with Gasteiger partial charge in [-0.25, -0.2) is 0 Å². The highest BCUT2D eigenvalue weighted by Crippen LogP contribution is 2.23. The van der Waals surface area contributed by atoms with E-state index in [9.17, 15) is 5.11 Å². The smallest absolute Gasteiger partial charge is 0.325 e. The molecule has 154 valence electrons. The first kappa shape index (κ1) is 20.8. The Morgan fingerprint density at radius 2 is 2.17 bits per heavy atom. The third-order valence-electron chi connectivity index (χ3n) is 4.39. The van der Waals surface area contributed by atoms with Gasteiger partial charge in [0, 0.05) is 44.3 Å². The average Bonchev–Trinajstić information content (AvgIpc) is 2.74. The van der Waals surface area contributed by atoms with E-state index >= 15 is 0 Å². The molecule has 0 saturated carbocycles. The van der Waals surface area contributed by atoms with Crippen LogP contribution in [0.4, 0.5) is 0 Å². The van der Waals surface area contributed by atoms with Crippen LogP contribution in [-0.2, 0) is 0 Å². The summed E-state index contributed by atoms with van der Waals surface area (Å²) in [5.41, 5.74) is 2.79. The van der Waals surface area contributed by atoms with Crippen molar-refractivity contribution in [2.75, 3.05) is 20.6 Å². The summed E-state index contributed by atoms with van der Waals surface area (Å²) in [6.07, 6.45) is 16.1. The van der Waals surface area contributed by atoms with E-state index < -0.39 is 0 Å². The first-order chi connectivity index (χ1) is 14.5. The van der Waals surface area contributed by atoms with Gasteiger partial charge in [-0.1, -0.05) is 6.08 Å². The van der Waals surface area contributed by atoms with Gasteiger partial charge in [0.15, 0.2) is 0 Å². The van der Waals surface area contributed by atoms with Crippen LogP contribution in [0.2, 0.25) is 0 Å². The number of nitrogens with one attached hydrogen (secondary N) is 2. The van der Waals surface area contributed by atoms with Crippen LogP contribution in [0.15, 0.2) is 78.1 Å². The Kier molecular flexibility index (Phi) is 6.59. The van der Waals surface area contributed by atoms with Crippen molar-refractivity contribution in [3.63, 3.8) is 0 Å². The van der Waals surface area contributed by atoms with Crippen molar-refractivity contribution in [3.8, 4) is 11.9 Å². The van der Waals surface area contributed by atoms with Crippen LogP contribution < -0.4 is 10.1 Å². The Morgan fingerprint density at radius 1 is 1.33 bits per heavy atom. The standard InChI is InChI=1S/C22H24N6O2/c1-4-17(30-22-26-20-14-25-10-9-18(20)21(29)27-22)6-5-11-28(3)16-7-8-19(23)15(12-16)13-24-2/h4-10,12-14,23-24H,11H2,1-3H3,(H,26,27,29)/b6-5-,15-13-,17-4+,23-19?. The quantitative estimate of drug-likeness (QED) is 0.481. The van der Waals surface area contributed by atoms with Crippen LogP contribution in [0, 0.1) is 5.41 Å². The summed E-state index contributed by atoms with van der Waals surface area (Å²) >= 11 is 0. The molecule has 0 spiro atoms. The molecule has 0 aromatic carbocycles. The summed E-state index contributed by atoms with van der Waals surface area (Å²) in [4.78, 5) is 14.3. The molecule has 0 radical (unpaired) electrons. The van der Waals surface area contributed by atoms with E-state index in [1.54, 1.807) is 36.8 Å². The monoisotopic (exact) mass is 404 g/mol. The molecule has 8 nitrogen and oxygen atoms in total. The molecule has 0 bridgehead atoms. The van der Waals surface area contributed by atoms with Crippen molar-refractivity contribution in [2.45, 2.75) is 6.92 Å². The van der Waals surface area contributed by atoms with Crippen LogP contribution >= 0.6 is 0 Å². The highest BCUT2D eigenvalue weighted by Gasteiger charge is 2.10. The highest BCUT2D eigenvalue weighted by atomic mass is 16.5. The van der Waals surface area contributed by atoms with Crippen molar-refractivity contribution in [2.24, 2.45) is 0 Å². The SMILES string of the molecule is C/C=C(\C=C/CN(C)C1=C/C(=C/NC)C(=N)C=C1)Oc1nc(O)c2ccncc2n1. The summed E-state index contributed by atoms with van der Waals surface area (Å²) in [6.45, 7) is 2.48. The number of aromatic hydroxyl groups is 1. The van der Waals surface area contributed by atoms with Crippen LogP contribution in [0.1, 0.15) is 6.92 Å². The zero-order chi connectivity index (χ0) is 21.5. The lowest BCUT2D eigenvalue weighted by Crippen LogP contribution is -2.19. The number of pyridine rings is 1. The number of rotatable bonds is 7. The molecule has 0 unspecified atom stereocenters. The number of hydrogen-bond acceptors (Lipinski definition) is 8. The van der Waals surface area contributed by atoms with E-state index in [1.165, 1.54) is 0 Å². The Balaban J connectivity index is 1.66. The van der Waals surface area contributed by atoms with E-state index in [-0.39, 0.29) is 11.9 Å². The molecular formula is C22H24N6O2. The van der Waals surface area contributed by atoms with Crippen molar-refractivity contribution in [1.82, 2.24) is 25.2 Å². The molecule has 0 atom stereocenters. The number of likely N-dealkylation sites (N-methyl/N-ethyl adjacent to an activating group) is 1. The molecule has 1 aliphatic carbocycles. The second-order valence-electron chi connectivity index (χ2n) is 6.50. The molecule has 3 rings (SSSR count). The maximum atomic E-state index is 10.1. The Labute approximate surface area is 175 Å². The minimum Gasteiger partial charge on any atom is -0.493 e. The predicted molar refractivity (Wildman–Crippen MR) is 117 cm³/mol. The second-order valence-corrected chi connectivity index (χ2v) is 6.50. The number of hydrogen-bond donors (Lipinski definition) is 3. The number of aromatic nitrogens is 3. The fourth-order valence-corrected chi connectivity index (χ4v) is 2.78. The largest absolute Gasteiger partial charge is 0.493 e. The number of ether oxygens (including phenoxy) is 1. The molecule has 3 N–H and O–H groups in total. The van der Waals surface area contributed by atoms with Gasteiger partial charge >= 0.3 is 6.01 Å². The zero-order valence-corrected chi connectivity index (χ0v) is 17.1. The van der Waals surface area contributed by atoms with E-state index in [0.717, 1.165) is 11.3 Å². The van der Waals surface area contributed by atoms with E-state index in [2.05, 4.69) is 25.2 Å². The summed E-state index contributed by atoms with van der Waals surface area (Å²) in [6, 6.07) is 1.70. The molecule has 0 amide bonds. The maximum Gasteiger partial charge on any atom is 0.325 e. The van der Waals surface area contributed by atoms with Crippen molar-refractivity contribution in [3.05, 3.63) is 78.1 Å². The van der Waals surface area contributed by atoms with Gasteiger partial charge in [-0.05, 0) is 43.4 Å². The van der Waals surface area contributed by atoms with Gasteiger partial charge in [0.2, 0.25) is 5.88 Å². The second kappa shape index (κ2) is 9.51. The van der Waals surface area contributed by atoms with Crippen LogP contribution in [0.3, 0.4) is 0 Å². The minimum atomic E-state index is -0.149. The zero-order valence-electron chi connectivity index (χ0n) is 17.1. The fourth-order valence-electron chi connectivity index (χ4n) is 2.78. The first-order valence-electron chi connectivity index (χ1n) is 9.40. The van der Waals surface area contributed by atoms with Gasteiger partial charge in [-0.2, -0.15) is 9.97 Å². The third-order valence-corrected chi connectivity index (χ3v) is 4.39. The molecule has 30 heavy (non-hydrogen) atoms. The van der Waals surface area contributed by atoms with E-state index in [0.29, 0.717) is 28.9 Å². The Bertz CT molecular complexity index is 1100. The Morgan fingerprint density at radius 3 is 2.93 bits per heavy atom. The summed E-state index contributed by atoms with van der Waals surface area (Å²) in [7, 11) is 3.78.